The Hall–Kier alpha value is -2.71. The maximum Gasteiger partial charge on any atom is 0.268 e. The summed E-state index contributed by atoms with van der Waals surface area (Å²) in [5, 5.41) is 2.25. The molecule has 0 aliphatic rings. The number of carbonyl (C=O) groups excluding carboxylic acids is 1. The van der Waals surface area contributed by atoms with Gasteiger partial charge in [0.1, 0.15) is 5.69 Å². The summed E-state index contributed by atoms with van der Waals surface area (Å²) in [5.74, 6) is 0.0426. The van der Waals surface area contributed by atoms with Crippen LogP contribution in [0.25, 0.3) is 10.8 Å². The molecule has 8 heteroatoms. The van der Waals surface area contributed by atoms with E-state index in [2.05, 4.69) is 50.8 Å². The lowest BCUT2D eigenvalue weighted by Gasteiger charge is -2.40. The number of aromatic nitrogens is 3. The van der Waals surface area contributed by atoms with Gasteiger partial charge in [0.2, 0.25) is 5.88 Å². The molecule has 3 aromatic rings. The van der Waals surface area contributed by atoms with Crippen LogP contribution in [0.15, 0.2) is 49.1 Å². The lowest BCUT2D eigenvalue weighted by atomic mass is 10.1. The third kappa shape index (κ3) is 5.55. The SMILES string of the molecule is CC(O[Si](C)(C)C(C)(C)C)C(CCOc1cc2ccccc2cn1)n1cnc(C(N)=O)c1. The summed E-state index contributed by atoms with van der Waals surface area (Å²) in [6.45, 7) is 13.7. The average Bonchev–Trinajstić information content (AvgIpc) is 3.20. The topological polar surface area (TPSA) is 92.3 Å². The first kappa shape index (κ1) is 23.9. The Morgan fingerprint density at radius 2 is 1.88 bits per heavy atom. The second kappa shape index (κ2) is 9.42. The van der Waals surface area contributed by atoms with Crippen molar-refractivity contribution < 1.29 is 14.0 Å². The van der Waals surface area contributed by atoms with Crippen molar-refractivity contribution in [2.24, 2.45) is 5.73 Å². The van der Waals surface area contributed by atoms with E-state index in [0.717, 1.165) is 10.8 Å². The Kier molecular flexibility index (Phi) is 7.05. The fourth-order valence-corrected chi connectivity index (χ4v) is 4.86. The number of nitrogens with zero attached hydrogens (tertiary/aromatic N) is 3. The maximum atomic E-state index is 11.6. The number of amides is 1. The van der Waals surface area contributed by atoms with Gasteiger partial charge in [0.25, 0.3) is 5.91 Å². The summed E-state index contributed by atoms with van der Waals surface area (Å²) >= 11 is 0. The van der Waals surface area contributed by atoms with Crippen LogP contribution in [0.3, 0.4) is 0 Å². The Bertz CT molecular complexity index is 1070. The number of hydrogen-bond acceptors (Lipinski definition) is 5. The molecule has 2 aromatic heterocycles. The minimum absolute atomic E-state index is 0.0646. The molecule has 0 radical (unpaired) electrons. The molecule has 1 amide bonds. The normalized spacial score (nSPS) is 14.3. The van der Waals surface area contributed by atoms with E-state index in [1.165, 1.54) is 0 Å². The van der Waals surface area contributed by atoms with Crippen molar-refractivity contribution in [1.29, 1.82) is 0 Å². The van der Waals surface area contributed by atoms with Gasteiger partial charge >= 0.3 is 0 Å². The van der Waals surface area contributed by atoms with Crippen molar-refractivity contribution in [3.05, 3.63) is 54.7 Å². The van der Waals surface area contributed by atoms with Gasteiger partial charge in [-0.1, -0.05) is 45.0 Å². The molecule has 2 atom stereocenters. The van der Waals surface area contributed by atoms with E-state index in [-0.39, 0.29) is 22.9 Å². The van der Waals surface area contributed by atoms with Gasteiger partial charge in [-0.05, 0) is 30.4 Å². The predicted molar refractivity (Wildman–Crippen MR) is 129 cm³/mol. The van der Waals surface area contributed by atoms with E-state index in [9.17, 15) is 4.79 Å². The summed E-state index contributed by atoms with van der Waals surface area (Å²) in [5.41, 5.74) is 5.65. The summed E-state index contributed by atoms with van der Waals surface area (Å²) in [6.07, 6.45) is 5.72. The molecule has 0 aliphatic heterocycles. The zero-order valence-electron chi connectivity index (χ0n) is 19.8. The van der Waals surface area contributed by atoms with E-state index in [0.29, 0.717) is 18.9 Å². The maximum absolute atomic E-state index is 11.6. The quantitative estimate of drug-likeness (QED) is 0.462. The van der Waals surface area contributed by atoms with Crippen LogP contribution in [-0.2, 0) is 4.43 Å². The Labute approximate surface area is 191 Å². The van der Waals surface area contributed by atoms with Crippen molar-refractivity contribution in [2.75, 3.05) is 6.61 Å². The molecule has 0 bridgehead atoms. The van der Waals surface area contributed by atoms with E-state index in [1.54, 1.807) is 12.5 Å². The second-order valence-electron chi connectivity index (χ2n) is 9.73. The van der Waals surface area contributed by atoms with Crippen LogP contribution in [0.2, 0.25) is 18.1 Å². The van der Waals surface area contributed by atoms with Crippen LogP contribution in [0, 0.1) is 0 Å². The third-order valence-corrected chi connectivity index (χ3v) is 10.9. The molecule has 3 rings (SSSR count). The Morgan fingerprint density at radius 3 is 2.50 bits per heavy atom. The molecule has 32 heavy (non-hydrogen) atoms. The Balaban J connectivity index is 1.75. The standard InChI is InChI=1S/C24H34N4O3Si/c1-17(31-32(5,6)24(2,3)4)21(28-15-20(23(25)29)27-16-28)11-12-30-22-13-18-9-7-8-10-19(18)14-26-22/h7-10,13-17,21H,11-12H2,1-6H3,(H2,25,29). The minimum Gasteiger partial charge on any atom is -0.478 e. The molecule has 0 spiro atoms. The largest absolute Gasteiger partial charge is 0.478 e. The summed E-state index contributed by atoms with van der Waals surface area (Å²) in [7, 11) is -1.99. The lowest BCUT2D eigenvalue weighted by Crippen LogP contribution is -2.45. The molecule has 2 N–H and O–H groups in total. The molecule has 2 heterocycles. The molecule has 0 saturated carbocycles. The average molecular weight is 455 g/mol. The number of carbonyl (C=O) groups is 1. The zero-order valence-corrected chi connectivity index (χ0v) is 20.8. The van der Waals surface area contributed by atoms with Gasteiger partial charge in [0.05, 0.1) is 25.1 Å². The van der Waals surface area contributed by atoms with Gasteiger partial charge in [-0.25, -0.2) is 9.97 Å². The number of imidazole rings is 1. The van der Waals surface area contributed by atoms with E-state index in [4.69, 9.17) is 14.9 Å². The van der Waals surface area contributed by atoms with E-state index < -0.39 is 14.2 Å². The van der Waals surface area contributed by atoms with Gasteiger partial charge < -0.3 is 19.5 Å². The lowest BCUT2D eigenvalue weighted by molar-refractivity contribution is 0.0994. The number of fused-ring (bicyclic) bond motifs is 1. The van der Waals surface area contributed by atoms with Gasteiger partial charge in [-0.15, -0.1) is 0 Å². The smallest absolute Gasteiger partial charge is 0.268 e. The number of benzene rings is 1. The van der Waals surface area contributed by atoms with Crippen LogP contribution in [0.5, 0.6) is 5.88 Å². The second-order valence-corrected chi connectivity index (χ2v) is 14.5. The third-order valence-electron chi connectivity index (χ3n) is 6.33. The number of pyridine rings is 1. The van der Waals surface area contributed by atoms with Gasteiger partial charge in [-0.2, -0.15) is 0 Å². The molecule has 2 unspecified atom stereocenters. The molecular weight excluding hydrogens is 420 g/mol. The molecular formula is C24H34N4O3Si. The highest BCUT2D eigenvalue weighted by Crippen LogP contribution is 2.38. The molecule has 7 nitrogen and oxygen atoms in total. The number of rotatable bonds is 9. The monoisotopic (exact) mass is 454 g/mol. The van der Waals surface area contributed by atoms with Crippen LogP contribution < -0.4 is 10.5 Å². The highest BCUT2D eigenvalue weighted by atomic mass is 28.4. The van der Waals surface area contributed by atoms with E-state index >= 15 is 0 Å². The van der Waals surface area contributed by atoms with Crippen LogP contribution in [-0.4, -0.2) is 41.5 Å². The summed E-state index contributed by atoms with van der Waals surface area (Å²) in [4.78, 5) is 20.1. The summed E-state index contributed by atoms with van der Waals surface area (Å²) < 4.78 is 14.6. The molecule has 0 fully saturated rings. The first-order chi connectivity index (χ1) is 15.0. The van der Waals surface area contributed by atoms with Gasteiger partial charge in [0, 0.05) is 30.3 Å². The first-order valence-electron chi connectivity index (χ1n) is 11.0. The molecule has 172 valence electrons. The minimum atomic E-state index is -1.99. The van der Waals surface area contributed by atoms with Crippen LogP contribution in [0.4, 0.5) is 0 Å². The van der Waals surface area contributed by atoms with Crippen molar-refractivity contribution in [3.8, 4) is 5.88 Å². The molecule has 0 saturated heterocycles. The van der Waals surface area contributed by atoms with Gasteiger partial charge in [-0.3, -0.25) is 4.79 Å². The zero-order chi connectivity index (χ0) is 23.5. The highest BCUT2D eigenvalue weighted by Gasteiger charge is 2.40. The number of ether oxygens (including phenoxy) is 1. The predicted octanol–water partition coefficient (Wildman–Crippen LogP) is 4.95. The van der Waals surface area contributed by atoms with Crippen LogP contribution in [0.1, 0.15) is 50.6 Å². The molecule has 0 aliphatic carbocycles. The summed E-state index contributed by atoms with van der Waals surface area (Å²) in [6, 6.07) is 9.94. The molecule has 1 aromatic carbocycles. The van der Waals surface area contributed by atoms with Crippen molar-refractivity contribution in [2.45, 2.75) is 64.4 Å². The number of primary amides is 1. The number of hydrogen-bond donors (Lipinski definition) is 1. The Morgan fingerprint density at radius 1 is 1.19 bits per heavy atom. The first-order valence-corrected chi connectivity index (χ1v) is 13.9. The highest BCUT2D eigenvalue weighted by molar-refractivity contribution is 6.74. The van der Waals surface area contributed by atoms with Crippen molar-refractivity contribution >= 4 is 25.0 Å². The van der Waals surface area contributed by atoms with Crippen molar-refractivity contribution in [1.82, 2.24) is 14.5 Å². The van der Waals surface area contributed by atoms with Crippen molar-refractivity contribution in [3.63, 3.8) is 0 Å². The van der Waals surface area contributed by atoms with E-state index in [1.807, 2.05) is 41.1 Å². The fourth-order valence-electron chi connectivity index (χ4n) is 3.42. The number of nitrogens with two attached hydrogens (primary N) is 1. The van der Waals surface area contributed by atoms with Gasteiger partial charge in [0.15, 0.2) is 8.32 Å². The fraction of sp³-hybridized carbons (Fsp3) is 0.458. The van der Waals surface area contributed by atoms with Crippen LogP contribution >= 0.6 is 0 Å².